The van der Waals surface area contributed by atoms with E-state index in [1.165, 1.54) is 4.57 Å². The summed E-state index contributed by atoms with van der Waals surface area (Å²) in [5.74, 6) is -0.506. The van der Waals surface area contributed by atoms with Gasteiger partial charge in [0.05, 0.1) is 11.6 Å². The minimum atomic E-state index is -0.435. The first-order valence-corrected chi connectivity index (χ1v) is 7.69. The zero-order valence-electron chi connectivity index (χ0n) is 12.3. The maximum Gasteiger partial charge on any atom is 0.419 e. The van der Waals surface area contributed by atoms with E-state index in [1.54, 1.807) is 18.2 Å². The number of aliphatic hydroxyl groups excluding tert-OH is 1. The standard InChI is InChI=1S/C16H20N2O4/c19-12-7-5-11(6-8-12)17-15(20)9-10-18-13-3-1-2-4-14(13)22-16(18)21/h1-4,11-12,19H,5-10H2,(H,17,20). The number of aliphatic hydroxyl groups is 1. The molecule has 1 aromatic heterocycles. The fraction of sp³-hybridized carbons (Fsp3) is 0.500. The maximum absolute atomic E-state index is 12.0. The second kappa shape index (κ2) is 6.36. The Bertz CT molecular complexity index is 710. The van der Waals surface area contributed by atoms with E-state index in [2.05, 4.69) is 5.32 Å². The second-order valence-electron chi connectivity index (χ2n) is 5.81. The Morgan fingerprint density at radius 3 is 2.77 bits per heavy atom. The summed E-state index contributed by atoms with van der Waals surface area (Å²) in [6.07, 6.45) is 3.09. The number of hydrogen-bond acceptors (Lipinski definition) is 4. The molecule has 0 spiro atoms. The number of aromatic nitrogens is 1. The highest BCUT2D eigenvalue weighted by Gasteiger charge is 2.20. The van der Waals surface area contributed by atoms with Gasteiger partial charge >= 0.3 is 5.76 Å². The zero-order chi connectivity index (χ0) is 15.5. The quantitative estimate of drug-likeness (QED) is 0.894. The summed E-state index contributed by atoms with van der Waals surface area (Å²) in [5.41, 5.74) is 1.25. The Kier molecular flexibility index (Phi) is 4.29. The lowest BCUT2D eigenvalue weighted by Gasteiger charge is -2.26. The summed E-state index contributed by atoms with van der Waals surface area (Å²) in [5, 5.41) is 12.4. The number of benzene rings is 1. The van der Waals surface area contributed by atoms with E-state index in [4.69, 9.17) is 4.42 Å². The van der Waals surface area contributed by atoms with Crippen molar-refractivity contribution in [2.75, 3.05) is 0 Å². The van der Waals surface area contributed by atoms with Gasteiger partial charge in [-0.2, -0.15) is 0 Å². The van der Waals surface area contributed by atoms with Crippen LogP contribution in [0.3, 0.4) is 0 Å². The number of nitrogens with zero attached hydrogens (tertiary/aromatic N) is 1. The lowest BCUT2D eigenvalue weighted by atomic mass is 9.93. The van der Waals surface area contributed by atoms with Crippen molar-refractivity contribution in [1.29, 1.82) is 0 Å². The molecular formula is C16H20N2O4. The van der Waals surface area contributed by atoms with Crippen molar-refractivity contribution in [2.45, 2.75) is 50.8 Å². The smallest absolute Gasteiger partial charge is 0.408 e. The van der Waals surface area contributed by atoms with Crippen LogP contribution in [0.4, 0.5) is 0 Å². The number of carbonyl (C=O) groups is 1. The van der Waals surface area contributed by atoms with Crippen LogP contribution in [-0.4, -0.2) is 27.7 Å². The van der Waals surface area contributed by atoms with Gasteiger partial charge in [0.1, 0.15) is 0 Å². The van der Waals surface area contributed by atoms with Gasteiger partial charge < -0.3 is 14.8 Å². The van der Waals surface area contributed by atoms with Gasteiger partial charge in [0.25, 0.3) is 0 Å². The van der Waals surface area contributed by atoms with Gasteiger partial charge in [-0.05, 0) is 37.8 Å². The highest BCUT2D eigenvalue weighted by atomic mass is 16.4. The Hall–Kier alpha value is -2.08. The molecule has 22 heavy (non-hydrogen) atoms. The van der Waals surface area contributed by atoms with Crippen LogP contribution >= 0.6 is 0 Å². The molecular weight excluding hydrogens is 284 g/mol. The summed E-state index contributed by atoms with van der Waals surface area (Å²) in [4.78, 5) is 23.8. The van der Waals surface area contributed by atoms with Crippen molar-refractivity contribution in [2.24, 2.45) is 0 Å². The third-order valence-electron chi connectivity index (χ3n) is 4.20. The average Bonchev–Trinajstić information content (AvgIpc) is 2.83. The molecule has 1 aromatic carbocycles. The van der Waals surface area contributed by atoms with Gasteiger partial charge in [-0.25, -0.2) is 4.79 Å². The minimum Gasteiger partial charge on any atom is -0.408 e. The van der Waals surface area contributed by atoms with Gasteiger partial charge in [-0.15, -0.1) is 0 Å². The van der Waals surface area contributed by atoms with E-state index < -0.39 is 5.76 Å². The predicted molar refractivity (Wildman–Crippen MR) is 81.5 cm³/mol. The third kappa shape index (κ3) is 3.22. The fourth-order valence-electron chi connectivity index (χ4n) is 2.96. The number of amides is 1. The van der Waals surface area contributed by atoms with Crippen LogP contribution in [0.1, 0.15) is 32.1 Å². The molecule has 0 unspecified atom stereocenters. The Morgan fingerprint density at radius 1 is 1.27 bits per heavy atom. The molecule has 1 saturated carbocycles. The molecule has 2 N–H and O–H groups in total. The molecule has 2 aromatic rings. The number of para-hydroxylation sites is 2. The van der Waals surface area contributed by atoms with E-state index >= 15 is 0 Å². The minimum absolute atomic E-state index is 0.0708. The van der Waals surface area contributed by atoms with Gasteiger partial charge in [-0.3, -0.25) is 9.36 Å². The summed E-state index contributed by atoms with van der Waals surface area (Å²) >= 11 is 0. The van der Waals surface area contributed by atoms with Crippen molar-refractivity contribution in [3.63, 3.8) is 0 Å². The molecule has 0 aliphatic heterocycles. The summed E-state index contributed by atoms with van der Waals surface area (Å²) in [7, 11) is 0. The highest BCUT2D eigenvalue weighted by molar-refractivity contribution is 5.77. The number of rotatable bonds is 4. The number of hydrogen-bond donors (Lipinski definition) is 2. The largest absolute Gasteiger partial charge is 0.419 e. The first-order chi connectivity index (χ1) is 10.6. The summed E-state index contributed by atoms with van der Waals surface area (Å²) in [6.45, 7) is 0.303. The maximum atomic E-state index is 12.0. The van der Waals surface area contributed by atoms with Crippen molar-refractivity contribution in [3.8, 4) is 0 Å². The van der Waals surface area contributed by atoms with Crippen molar-refractivity contribution < 1.29 is 14.3 Å². The second-order valence-corrected chi connectivity index (χ2v) is 5.81. The Morgan fingerprint density at radius 2 is 2.00 bits per heavy atom. The van der Waals surface area contributed by atoms with Gasteiger partial charge in [0, 0.05) is 19.0 Å². The Labute approximate surface area is 127 Å². The molecule has 6 heteroatoms. The lowest BCUT2D eigenvalue weighted by Crippen LogP contribution is -2.39. The third-order valence-corrected chi connectivity index (χ3v) is 4.20. The SMILES string of the molecule is O=C(CCn1c(=O)oc2ccccc21)NC1CCC(O)CC1. The number of nitrogens with one attached hydrogen (secondary N) is 1. The molecule has 1 fully saturated rings. The molecule has 3 rings (SSSR count). The van der Waals surface area contributed by atoms with Gasteiger partial charge in [0.15, 0.2) is 5.58 Å². The highest BCUT2D eigenvalue weighted by Crippen LogP contribution is 2.18. The predicted octanol–water partition coefficient (Wildman–Crippen LogP) is 1.40. The molecule has 118 valence electrons. The van der Waals surface area contributed by atoms with Gasteiger partial charge in [0.2, 0.25) is 5.91 Å². The van der Waals surface area contributed by atoms with E-state index in [1.807, 2.05) is 6.07 Å². The Balaban J connectivity index is 1.58. The van der Waals surface area contributed by atoms with Gasteiger partial charge in [-0.1, -0.05) is 12.1 Å². The van der Waals surface area contributed by atoms with Crippen LogP contribution in [0.5, 0.6) is 0 Å². The molecule has 1 amide bonds. The number of oxazole rings is 1. The zero-order valence-corrected chi connectivity index (χ0v) is 12.3. The van der Waals surface area contributed by atoms with Crippen molar-refractivity contribution in [3.05, 3.63) is 34.8 Å². The normalized spacial score (nSPS) is 21.9. The van der Waals surface area contributed by atoms with E-state index in [-0.39, 0.29) is 24.5 Å². The summed E-state index contributed by atoms with van der Waals surface area (Å²) in [6, 6.07) is 7.32. The first-order valence-electron chi connectivity index (χ1n) is 7.69. The van der Waals surface area contributed by atoms with Crippen molar-refractivity contribution in [1.82, 2.24) is 9.88 Å². The van der Waals surface area contributed by atoms with Crippen LogP contribution in [0.2, 0.25) is 0 Å². The van der Waals surface area contributed by atoms with E-state index in [9.17, 15) is 14.7 Å². The topological polar surface area (TPSA) is 84.5 Å². The molecule has 6 nitrogen and oxygen atoms in total. The molecule has 0 atom stereocenters. The van der Waals surface area contributed by atoms with E-state index in [0.717, 1.165) is 25.7 Å². The fourth-order valence-corrected chi connectivity index (χ4v) is 2.96. The van der Waals surface area contributed by atoms with Crippen LogP contribution in [0.15, 0.2) is 33.5 Å². The average molecular weight is 304 g/mol. The molecule has 0 saturated heterocycles. The van der Waals surface area contributed by atoms with Crippen LogP contribution < -0.4 is 11.1 Å². The molecule has 1 aliphatic rings. The van der Waals surface area contributed by atoms with Crippen LogP contribution in [-0.2, 0) is 11.3 Å². The molecule has 1 aliphatic carbocycles. The van der Waals surface area contributed by atoms with Crippen LogP contribution in [0, 0.1) is 0 Å². The number of carbonyl (C=O) groups excluding carboxylic acids is 1. The molecule has 1 heterocycles. The first kappa shape index (κ1) is 14.8. The monoisotopic (exact) mass is 304 g/mol. The number of aryl methyl sites for hydroxylation is 1. The van der Waals surface area contributed by atoms with E-state index in [0.29, 0.717) is 17.6 Å². The van der Waals surface area contributed by atoms with Crippen LogP contribution in [0.25, 0.3) is 11.1 Å². The summed E-state index contributed by atoms with van der Waals surface area (Å²) < 4.78 is 6.63. The molecule has 0 bridgehead atoms. The number of fused-ring (bicyclic) bond motifs is 1. The molecule has 0 radical (unpaired) electrons. The van der Waals surface area contributed by atoms with Crippen molar-refractivity contribution >= 4 is 17.0 Å². The lowest BCUT2D eigenvalue weighted by molar-refractivity contribution is -0.122.